The van der Waals surface area contributed by atoms with Crippen LogP contribution in [-0.2, 0) is 33.4 Å². The monoisotopic (exact) mass is 522 g/mol. The van der Waals surface area contributed by atoms with Crippen molar-refractivity contribution >= 4 is 59.3 Å². The minimum absolute atomic E-state index is 0.0450. The van der Waals surface area contributed by atoms with Crippen LogP contribution in [0.25, 0.3) is 0 Å². The number of fused-ring (bicyclic) bond motifs is 1. The number of primary amides is 1. The van der Waals surface area contributed by atoms with Crippen LogP contribution in [0.2, 0.25) is 0 Å². The van der Waals surface area contributed by atoms with Gasteiger partial charge in [0.05, 0.1) is 6.61 Å². The molecule has 0 aromatic rings. The highest BCUT2D eigenvalue weighted by Gasteiger charge is 2.58. The van der Waals surface area contributed by atoms with Crippen molar-refractivity contribution in [1.82, 2.24) is 14.6 Å². The number of carboxylic acid groups (broad SMARTS) is 1. The number of thioether (sulfide) groups is 1. The van der Waals surface area contributed by atoms with Crippen LogP contribution in [0.1, 0.15) is 33.1 Å². The van der Waals surface area contributed by atoms with Gasteiger partial charge >= 0.3 is 18.0 Å². The molecule has 4 N–H and O–H groups in total. The largest absolute Gasteiger partial charge is 0.480 e. The van der Waals surface area contributed by atoms with Gasteiger partial charge in [-0.1, -0.05) is 0 Å². The van der Waals surface area contributed by atoms with Crippen LogP contribution in [0, 0.1) is 5.41 Å². The molecule has 0 bridgehead atoms. The second kappa shape index (κ2) is 11.6. The lowest BCUT2D eigenvalue weighted by atomic mass is 9.88. The highest BCUT2D eigenvalue weighted by atomic mass is 35.5. The summed E-state index contributed by atoms with van der Waals surface area (Å²) in [5.74, 6) is -3.24. The molecule has 4 atom stereocenters. The second-order valence-corrected chi connectivity index (χ2v) is 9.37. The molecule has 4 amide bonds. The number of nitrogens with one attached hydrogen (secondary N) is 1. The van der Waals surface area contributed by atoms with Gasteiger partial charge in [-0.2, -0.15) is 0 Å². The predicted molar refractivity (Wildman–Crippen MR) is 118 cm³/mol. The van der Waals surface area contributed by atoms with Crippen LogP contribution in [0.15, 0.2) is 0 Å². The Balaban J connectivity index is 1.92. The molecule has 0 spiro atoms. The van der Waals surface area contributed by atoms with Crippen molar-refractivity contribution in [3.05, 3.63) is 0 Å². The maximum Gasteiger partial charge on any atom is 0.404 e. The van der Waals surface area contributed by atoms with Gasteiger partial charge in [0.15, 0.2) is 0 Å². The quantitative estimate of drug-likeness (QED) is 0.184. The highest BCUT2D eigenvalue weighted by Crippen LogP contribution is 2.43. The van der Waals surface area contributed by atoms with Gasteiger partial charge in [-0.25, -0.2) is 14.0 Å². The molecule has 0 aromatic carbocycles. The zero-order valence-corrected chi connectivity index (χ0v) is 20.2. The van der Waals surface area contributed by atoms with E-state index in [0.717, 1.165) is 6.92 Å². The number of carbonyl (C=O) groups excluding carboxylic acids is 5. The van der Waals surface area contributed by atoms with E-state index < -0.39 is 58.6 Å². The number of esters is 1. The lowest BCUT2D eigenvalue weighted by Gasteiger charge is -2.53. The summed E-state index contributed by atoms with van der Waals surface area (Å²) in [6.45, 7) is 2.46. The number of halogens is 1. The topological polar surface area (TPSA) is 186 Å². The van der Waals surface area contributed by atoms with Gasteiger partial charge in [-0.05, 0) is 19.8 Å². The molecule has 3 unspecified atom stereocenters. The smallest absolute Gasteiger partial charge is 0.404 e. The molecule has 2 aliphatic rings. The first-order chi connectivity index (χ1) is 15.9. The number of carbonyl (C=O) groups is 6. The van der Waals surface area contributed by atoms with Crippen molar-refractivity contribution < 1.29 is 43.3 Å². The van der Waals surface area contributed by atoms with E-state index >= 15 is 0 Å². The van der Waals surface area contributed by atoms with Crippen LogP contribution >= 0.6 is 23.5 Å². The molecule has 0 aromatic heterocycles. The minimum atomic E-state index is -1.29. The number of hydrogen-bond donors (Lipinski definition) is 3. The molecule has 2 fully saturated rings. The van der Waals surface area contributed by atoms with Crippen molar-refractivity contribution in [2.24, 2.45) is 11.1 Å². The summed E-state index contributed by atoms with van der Waals surface area (Å²) < 4.78 is 10.5. The minimum Gasteiger partial charge on any atom is -0.480 e. The summed E-state index contributed by atoms with van der Waals surface area (Å²) in [5.41, 5.74) is 3.75. The Bertz CT molecular complexity index is 860. The maximum atomic E-state index is 12.6. The normalized spacial score (nSPS) is 24.2. The van der Waals surface area contributed by atoms with E-state index in [2.05, 4.69) is 5.32 Å². The van der Waals surface area contributed by atoms with Gasteiger partial charge in [0.2, 0.25) is 17.7 Å². The molecule has 2 aliphatic heterocycles. The summed E-state index contributed by atoms with van der Waals surface area (Å²) >= 11 is 6.93. The number of aliphatic carboxylic acids is 1. The van der Waals surface area contributed by atoms with E-state index in [1.54, 1.807) is 6.92 Å². The molecule has 0 saturated carbocycles. The molecule has 190 valence electrons. The van der Waals surface area contributed by atoms with Crippen molar-refractivity contribution in [3.63, 3.8) is 0 Å². The van der Waals surface area contributed by atoms with Crippen LogP contribution in [0.4, 0.5) is 4.79 Å². The Morgan fingerprint density at radius 1 is 1.35 bits per heavy atom. The number of hydrogen-bond acceptors (Lipinski definition) is 9. The van der Waals surface area contributed by atoms with Crippen LogP contribution in [-0.4, -0.2) is 93.1 Å². The van der Waals surface area contributed by atoms with Gasteiger partial charge in [-0.15, -0.1) is 11.8 Å². The summed E-state index contributed by atoms with van der Waals surface area (Å²) in [6.07, 6.45) is -1.05. The fraction of sp³-hybridized carbons (Fsp3) is 0.684. The number of nitrogens with two attached hydrogens (primary N) is 1. The maximum absolute atomic E-state index is 12.6. The first-order valence-corrected chi connectivity index (χ1v) is 11.8. The Morgan fingerprint density at radius 3 is 2.59 bits per heavy atom. The highest BCUT2D eigenvalue weighted by molar-refractivity contribution is 8.00. The van der Waals surface area contributed by atoms with Crippen molar-refractivity contribution in [3.8, 4) is 0 Å². The Kier molecular flexibility index (Phi) is 9.38. The lowest BCUT2D eigenvalue weighted by Crippen LogP contribution is -2.74. The van der Waals surface area contributed by atoms with E-state index in [1.807, 2.05) is 0 Å². The Morgan fingerprint density at radius 2 is 2.03 bits per heavy atom. The van der Waals surface area contributed by atoms with Crippen LogP contribution in [0.3, 0.4) is 0 Å². The van der Waals surface area contributed by atoms with Crippen molar-refractivity contribution in [2.75, 3.05) is 25.5 Å². The Labute approximate surface area is 204 Å². The van der Waals surface area contributed by atoms with Gasteiger partial charge < -0.3 is 30.5 Å². The van der Waals surface area contributed by atoms with Gasteiger partial charge in [0.1, 0.15) is 29.5 Å². The molecule has 2 rings (SSSR count). The standard InChI is InChI=1S/C19H27ClN4O9S/c1-3-32-17(30)19(8-33-18(21)31)7-23-14(27)13(15(23)34-9-19)22-12(26)6-4-5-11(16(28)29)24(20)10(2)25/h11,13,15H,3-9H2,1-2H3,(H2,21,31)(H,22,26)(H,28,29)/t11?,13?,15-,19?/m1/s1. The zero-order valence-electron chi connectivity index (χ0n) is 18.7. The average Bonchev–Trinajstić information content (AvgIpc) is 2.78. The second-order valence-electron chi connectivity index (χ2n) is 7.90. The SMILES string of the molecule is CCOC(=O)C1(COC(N)=O)CS[C@@H]2C(NC(=O)CCCC(C(=O)O)N(Cl)C(C)=O)C(=O)N2C1. The third kappa shape index (κ3) is 6.23. The number of carboxylic acids is 1. The molecule has 2 saturated heterocycles. The molecule has 0 radical (unpaired) electrons. The number of β-lactam (4-membered cyclic amide) rings is 1. The van der Waals surface area contributed by atoms with E-state index in [1.165, 1.54) is 16.7 Å². The van der Waals surface area contributed by atoms with Gasteiger partial charge in [0.25, 0.3) is 0 Å². The predicted octanol–water partition coefficient (Wildman–Crippen LogP) is -0.343. The zero-order chi connectivity index (χ0) is 25.6. The van der Waals surface area contributed by atoms with Crippen molar-refractivity contribution in [1.29, 1.82) is 0 Å². The summed E-state index contributed by atoms with van der Waals surface area (Å²) in [4.78, 5) is 72.5. The molecule has 0 aliphatic carbocycles. The van der Waals surface area contributed by atoms with E-state index in [9.17, 15) is 33.9 Å². The van der Waals surface area contributed by atoms with E-state index in [-0.39, 0.29) is 44.8 Å². The number of rotatable bonds is 11. The fourth-order valence-corrected chi connectivity index (χ4v) is 5.34. The fourth-order valence-electron chi connectivity index (χ4n) is 3.65. The van der Waals surface area contributed by atoms with Gasteiger partial charge in [-0.3, -0.25) is 19.2 Å². The summed E-state index contributed by atoms with van der Waals surface area (Å²) in [5, 5.41) is 11.4. The Hall–Kier alpha value is -2.74. The van der Waals surface area contributed by atoms with Crippen LogP contribution in [0.5, 0.6) is 0 Å². The molecule has 34 heavy (non-hydrogen) atoms. The molecular weight excluding hydrogens is 496 g/mol. The molecule has 2 heterocycles. The number of amides is 4. The molecular formula is C19H27ClN4O9S. The first-order valence-electron chi connectivity index (χ1n) is 10.4. The van der Waals surface area contributed by atoms with E-state index in [0.29, 0.717) is 4.42 Å². The molecule has 13 nitrogen and oxygen atoms in total. The molecule has 15 heteroatoms. The van der Waals surface area contributed by atoms with Gasteiger partial charge in [0, 0.05) is 37.4 Å². The third-order valence-corrected chi connectivity index (χ3v) is 7.46. The van der Waals surface area contributed by atoms with Crippen molar-refractivity contribution in [2.45, 2.75) is 50.6 Å². The average molecular weight is 523 g/mol. The summed E-state index contributed by atoms with van der Waals surface area (Å²) in [6, 6.07) is -2.09. The number of nitrogens with zero attached hydrogens (tertiary/aromatic N) is 2. The third-order valence-electron chi connectivity index (χ3n) is 5.40. The van der Waals surface area contributed by atoms with Crippen LogP contribution < -0.4 is 11.1 Å². The summed E-state index contributed by atoms with van der Waals surface area (Å²) in [7, 11) is 0. The number of ether oxygens (including phenoxy) is 2. The first kappa shape index (κ1) is 27.5. The van der Waals surface area contributed by atoms with E-state index in [4.69, 9.17) is 27.0 Å². The lowest BCUT2D eigenvalue weighted by molar-refractivity contribution is -0.165.